The van der Waals surface area contributed by atoms with Crippen LogP contribution in [0.25, 0.3) is 0 Å². The van der Waals surface area contributed by atoms with Gasteiger partial charge in [0.25, 0.3) is 0 Å². The first-order valence-corrected chi connectivity index (χ1v) is 9.45. The SMILES string of the molecule is CCNC(=NCc1nc(C)c(C)o1)NC(C)c1ccc(CC(C)C)cc1. The summed E-state index contributed by atoms with van der Waals surface area (Å²) in [5.74, 6) is 2.93. The topological polar surface area (TPSA) is 62.5 Å². The van der Waals surface area contributed by atoms with E-state index in [1.165, 1.54) is 11.1 Å². The van der Waals surface area contributed by atoms with Crippen molar-refractivity contribution in [2.24, 2.45) is 10.9 Å². The summed E-state index contributed by atoms with van der Waals surface area (Å²) in [6.07, 6.45) is 1.11. The number of aryl methyl sites for hydroxylation is 2. The molecule has 1 atom stereocenters. The van der Waals surface area contributed by atoms with Gasteiger partial charge in [-0.2, -0.15) is 0 Å². The molecule has 26 heavy (non-hydrogen) atoms. The van der Waals surface area contributed by atoms with Crippen LogP contribution in [0.2, 0.25) is 0 Å². The van der Waals surface area contributed by atoms with E-state index in [1.807, 2.05) is 13.8 Å². The van der Waals surface area contributed by atoms with Gasteiger partial charge in [-0.05, 0) is 51.2 Å². The van der Waals surface area contributed by atoms with Crippen LogP contribution in [-0.2, 0) is 13.0 Å². The second-order valence-corrected chi connectivity index (χ2v) is 7.15. The van der Waals surface area contributed by atoms with Crippen molar-refractivity contribution in [2.45, 2.75) is 60.5 Å². The molecule has 0 saturated carbocycles. The van der Waals surface area contributed by atoms with E-state index in [2.05, 4.69) is 72.6 Å². The van der Waals surface area contributed by atoms with Gasteiger partial charge in [0.1, 0.15) is 12.3 Å². The van der Waals surface area contributed by atoms with Gasteiger partial charge in [-0.15, -0.1) is 0 Å². The summed E-state index contributed by atoms with van der Waals surface area (Å²) in [4.78, 5) is 8.98. The predicted octanol–water partition coefficient (Wildman–Crippen LogP) is 4.31. The van der Waals surface area contributed by atoms with E-state index in [0.717, 1.165) is 30.4 Å². The highest BCUT2D eigenvalue weighted by atomic mass is 16.4. The predicted molar refractivity (Wildman–Crippen MR) is 107 cm³/mol. The van der Waals surface area contributed by atoms with Crippen LogP contribution in [-0.4, -0.2) is 17.5 Å². The Morgan fingerprint density at radius 2 is 1.85 bits per heavy atom. The molecule has 5 heteroatoms. The maximum absolute atomic E-state index is 5.60. The van der Waals surface area contributed by atoms with E-state index < -0.39 is 0 Å². The molecule has 1 aromatic carbocycles. The summed E-state index contributed by atoms with van der Waals surface area (Å²) in [5, 5.41) is 6.74. The quantitative estimate of drug-likeness (QED) is 0.573. The highest BCUT2D eigenvalue weighted by Crippen LogP contribution is 2.16. The van der Waals surface area contributed by atoms with Gasteiger partial charge in [0.2, 0.25) is 5.89 Å². The first kappa shape index (κ1) is 20.0. The molecule has 0 saturated heterocycles. The largest absolute Gasteiger partial charge is 0.444 e. The molecular formula is C21H32N4O. The van der Waals surface area contributed by atoms with Crippen molar-refractivity contribution in [3.05, 3.63) is 52.7 Å². The van der Waals surface area contributed by atoms with Gasteiger partial charge in [0, 0.05) is 6.54 Å². The van der Waals surface area contributed by atoms with E-state index in [9.17, 15) is 0 Å². The second kappa shape index (κ2) is 9.41. The third kappa shape index (κ3) is 5.90. The van der Waals surface area contributed by atoms with E-state index in [-0.39, 0.29) is 6.04 Å². The van der Waals surface area contributed by atoms with Gasteiger partial charge in [-0.25, -0.2) is 9.98 Å². The van der Waals surface area contributed by atoms with Crippen molar-refractivity contribution >= 4 is 5.96 Å². The van der Waals surface area contributed by atoms with Crippen LogP contribution in [0.4, 0.5) is 0 Å². The van der Waals surface area contributed by atoms with E-state index in [0.29, 0.717) is 18.4 Å². The van der Waals surface area contributed by atoms with E-state index in [1.54, 1.807) is 0 Å². The number of hydrogen-bond acceptors (Lipinski definition) is 3. The molecule has 0 aliphatic heterocycles. The molecule has 0 amide bonds. The van der Waals surface area contributed by atoms with Crippen molar-refractivity contribution in [1.29, 1.82) is 0 Å². The van der Waals surface area contributed by atoms with Crippen LogP contribution >= 0.6 is 0 Å². The lowest BCUT2D eigenvalue weighted by atomic mass is 10.00. The standard InChI is InChI=1S/C21H32N4O/c1-7-22-21(23-13-20-24-15(4)17(6)26-20)25-16(5)19-10-8-18(9-11-19)12-14(2)3/h8-11,14,16H,7,12-13H2,1-6H3,(H2,22,23,25). The Kier molecular flexibility index (Phi) is 7.25. The normalized spacial score (nSPS) is 13.1. The summed E-state index contributed by atoms with van der Waals surface area (Å²) in [7, 11) is 0. The molecular weight excluding hydrogens is 324 g/mol. The van der Waals surface area contributed by atoms with Crippen molar-refractivity contribution in [2.75, 3.05) is 6.54 Å². The van der Waals surface area contributed by atoms with Crippen LogP contribution in [0, 0.1) is 19.8 Å². The van der Waals surface area contributed by atoms with Gasteiger partial charge >= 0.3 is 0 Å². The summed E-state index contributed by atoms with van der Waals surface area (Å²) < 4.78 is 5.60. The van der Waals surface area contributed by atoms with E-state index >= 15 is 0 Å². The molecule has 0 radical (unpaired) electrons. The zero-order chi connectivity index (χ0) is 19.1. The number of guanidine groups is 1. The molecule has 1 unspecified atom stereocenters. The lowest BCUT2D eigenvalue weighted by Gasteiger charge is -2.18. The number of aliphatic imine (C=N–C) groups is 1. The number of rotatable bonds is 7. The Hall–Kier alpha value is -2.30. The molecule has 1 heterocycles. The lowest BCUT2D eigenvalue weighted by molar-refractivity contribution is 0.472. The first-order valence-electron chi connectivity index (χ1n) is 9.45. The Balaban J connectivity index is 2.02. The average Bonchev–Trinajstić information content (AvgIpc) is 2.91. The molecule has 2 aromatic rings. The van der Waals surface area contributed by atoms with E-state index in [4.69, 9.17) is 4.42 Å². The Morgan fingerprint density at radius 1 is 1.15 bits per heavy atom. The summed E-state index contributed by atoms with van der Waals surface area (Å²) in [5.41, 5.74) is 3.54. The van der Waals surface area contributed by atoms with Crippen molar-refractivity contribution in [3.8, 4) is 0 Å². The van der Waals surface area contributed by atoms with Crippen LogP contribution in [0.3, 0.4) is 0 Å². The minimum atomic E-state index is 0.161. The lowest BCUT2D eigenvalue weighted by Crippen LogP contribution is -2.38. The van der Waals surface area contributed by atoms with Gasteiger partial charge in [0.05, 0.1) is 11.7 Å². The Morgan fingerprint density at radius 3 is 2.38 bits per heavy atom. The van der Waals surface area contributed by atoms with Crippen molar-refractivity contribution < 1.29 is 4.42 Å². The molecule has 2 rings (SSSR count). The third-order valence-corrected chi connectivity index (χ3v) is 4.27. The van der Waals surface area contributed by atoms with Gasteiger partial charge in [-0.3, -0.25) is 0 Å². The zero-order valence-electron chi connectivity index (χ0n) is 16.9. The summed E-state index contributed by atoms with van der Waals surface area (Å²) in [6, 6.07) is 8.99. The van der Waals surface area contributed by atoms with Crippen LogP contribution in [0.5, 0.6) is 0 Å². The monoisotopic (exact) mass is 356 g/mol. The third-order valence-electron chi connectivity index (χ3n) is 4.27. The van der Waals surface area contributed by atoms with Crippen molar-refractivity contribution in [1.82, 2.24) is 15.6 Å². The molecule has 0 aliphatic carbocycles. The molecule has 142 valence electrons. The molecule has 0 aliphatic rings. The first-order chi connectivity index (χ1) is 12.4. The molecule has 0 spiro atoms. The highest BCUT2D eigenvalue weighted by molar-refractivity contribution is 5.80. The van der Waals surface area contributed by atoms with Gasteiger partial charge in [0.15, 0.2) is 5.96 Å². The fourth-order valence-electron chi connectivity index (χ4n) is 2.78. The Bertz CT molecular complexity index is 697. The molecule has 2 N–H and O–H groups in total. The molecule has 5 nitrogen and oxygen atoms in total. The van der Waals surface area contributed by atoms with Crippen LogP contribution in [0.1, 0.15) is 62.2 Å². The maximum atomic E-state index is 5.60. The van der Waals surface area contributed by atoms with Gasteiger partial charge in [-0.1, -0.05) is 38.1 Å². The minimum absolute atomic E-state index is 0.161. The second-order valence-electron chi connectivity index (χ2n) is 7.15. The Labute approximate surface area is 157 Å². The van der Waals surface area contributed by atoms with Gasteiger partial charge < -0.3 is 15.1 Å². The number of aromatic nitrogens is 1. The highest BCUT2D eigenvalue weighted by Gasteiger charge is 2.10. The number of oxazole rings is 1. The number of nitrogens with one attached hydrogen (secondary N) is 2. The van der Waals surface area contributed by atoms with Crippen LogP contribution < -0.4 is 10.6 Å². The molecule has 1 aromatic heterocycles. The zero-order valence-corrected chi connectivity index (χ0v) is 16.9. The summed E-state index contributed by atoms with van der Waals surface area (Å²) >= 11 is 0. The smallest absolute Gasteiger partial charge is 0.216 e. The van der Waals surface area contributed by atoms with Crippen LogP contribution in [0.15, 0.2) is 33.7 Å². The average molecular weight is 357 g/mol. The minimum Gasteiger partial charge on any atom is -0.444 e. The van der Waals surface area contributed by atoms with Crippen molar-refractivity contribution in [3.63, 3.8) is 0 Å². The maximum Gasteiger partial charge on any atom is 0.216 e. The number of hydrogen-bond donors (Lipinski definition) is 2. The fourth-order valence-corrected chi connectivity index (χ4v) is 2.78. The number of benzene rings is 1. The number of nitrogens with zero attached hydrogens (tertiary/aromatic N) is 2. The molecule has 0 fully saturated rings. The fraction of sp³-hybridized carbons (Fsp3) is 0.524. The summed E-state index contributed by atoms with van der Waals surface area (Å²) in [6.45, 7) is 13.8. The molecule has 0 bridgehead atoms.